The van der Waals surface area contributed by atoms with Crippen molar-refractivity contribution in [1.29, 1.82) is 0 Å². The highest BCUT2D eigenvalue weighted by Gasteiger charge is 2.17. The van der Waals surface area contributed by atoms with Crippen LogP contribution in [0.25, 0.3) is 11.0 Å². The van der Waals surface area contributed by atoms with Gasteiger partial charge in [-0.3, -0.25) is 9.69 Å². The minimum Gasteiger partial charge on any atom is -0.464 e. The minimum atomic E-state index is 0.0110. The van der Waals surface area contributed by atoms with Crippen molar-refractivity contribution in [2.45, 2.75) is 38.8 Å². The van der Waals surface area contributed by atoms with Gasteiger partial charge in [-0.1, -0.05) is 23.8 Å². The fourth-order valence-electron chi connectivity index (χ4n) is 4.01. The Morgan fingerprint density at radius 2 is 2.24 bits per heavy atom. The summed E-state index contributed by atoms with van der Waals surface area (Å²) >= 11 is 6.09. The minimum absolute atomic E-state index is 0.0110. The van der Waals surface area contributed by atoms with Crippen LogP contribution < -0.4 is 5.43 Å². The summed E-state index contributed by atoms with van der Waals surface area (Å²) in [6, 6.07) is 5.19. The first-order chi connectivity index (χ1) is 14.2. The molecule has 1 aromatic carbocycles. The van der Waals surface area contributed by atoms with Gasteiger partial charge in [0.05, 0.1) is 18.0 Å². The van der Waals surface area contributed by atoms with E-state index in [-0.39, 0.29) is 5.43 Å². The summed E-state index contributed by atoms with van der Waals surface area (Å²) in [6.45, 7) is 3.42. The average molecular weight is 412 g/mol. The van der Waals surface area contributed by atoms with Crippen LogP contribution in [-0.2, 0) is 13.1 Å². The molecule has 2 aromatic heterocycles. The number of hydrogen-bond acceptors (Lipinski definition) is 4. The van der Waals surface area contributed by atoms with Crippen molar-refractivity contribution in [1.82, 2.24) is 14.5 Å². The van der Waals surface area contributed by atoms with Crippen molar-refractivity contribution < 1.29 is 4.42 Å². The van der Waals surface area contributed by atoms with E-state index < -0.39 is 0 Å². The molecule has 0 saturated heterocycles. The number of aryl methyl sites for hydroxylation is 1. The molecule has 1 atom stereocenters. The average Bonchev–Trinajstić information content (AvgIpc) is 3.25. The smallest absolute Gasteiger partial charge is 0.197 e. The summed E-state index contributed by atoms with van der Waals surface area (Å²) in [7, 11) is 0. The lowest BCUT2D eigenvalue weighted by Crippen LogP contribution is -2.32. The van der Waals surface area contributed by atoms with E-state index >= 15 is 0 Å². The van der Waals surface area contributed by atoms with Crippen LogP contribution in [0.3, 0.4) is 0 Å². The van der Waals surface area contributed by atoms with Crippen LogP contribution in [0.1, 0.15) is 31.2 Å². The van der Waals surface area contributed by atoms with E-state index in [9.17, 15) is 4.79 Å². The lowest BCUT2D eigenvalue weighted by atomic mass is 9.93. The molecule has 0 saturated carbocycles. The summed E-state index contributed by atoms with van der Waals surface area (Å²) < 4.78 is 7.82. The van der Waals surface area contributed by atoms with Crippen molar-refractivity contribution in [2.24, 2.45) is 5.92 Å². The zero-order valence-corrected chi connectivity index (χ0v) is 17.2. The highest BCUT2D eigenvalue weighted by atomic mass is 35.5. The van der Waals surface area contributed by atoms with E-state index in [1.165, 1.54) is 6.42 Å². The topological polar surface area (TPSA) is 51.3 Å². The molecule has 4 rings (SSSR count). The van der Waals surface area contributed by atoms with Gasteiger partial charge in [0, 0.05) is 49.2 Å². The number of imidazole rings is 1. The van der Waals surface area contributed by atoms with E-state index in [4.69, 9.17) is 16.0 Å². The molecule has 2 heterocycles. The second-order valence-corrected chi connectivity index (χ2v) is 8.21. The second kappa shape index (κ2) is 9.42. The maximum atomic E-state index is 13.0. The van der Waals surface area contributed by atoms with Crippen LogP contribution in [-0.4, -0.2) is 27.5 Å². The largest absolute Gasteiger partial charge is 0.464 e. The Hall–Kier alpha value is -2.37. The molecule has 1 aliphatic rings. The van der Waals surface area contributed by atoms with Gasteiger partial charge >= 0.3 is 0 Å². The Kier molecular flexibility index (Phi) is 6.47. The number of benzene rings is 1. The van der Waals surface area contributed by atoms with E-state index in [2.05, 4.69) is 26.6 Å². The molecule has 6 heteroatoms. The van der Waals surface area contributed by atoms with Gasteiger partial charge < -0.3 is 8.98 Å². The molecule has 0 N–H and O–H groups in total. The van der Waals surface area contributed by atoms with Crippen molar-refractivity contribution in [3.05, 3.63) is 76.1 Å². The predicted octanol–water partition coefficient (Wildman–Crippen LogP) is 4.89. The maximum Gasteiger partial charge on any atom is 0.197 e. The SMILES string of the molecule is O=c1c(CN(CCCn2ccnc2)C[C@@H]2CC=CCC2)coc2ccc(Cl)cc12. The summed E-state index contributed by atoms with van der Waals surface area (Å²) in [5.41, 5.74) is 1.28. The van der Waals surface area contributed by atoms with Gasteiger partial charge in [-0.15, -0.1) is 0 Å². The lowest BCUT2D eigenvalue weighted by molar-refractivity contribution is 0.208. The van der Waals surface area contributed by atoms with Crippen molar-refractivity contribution >= 4 is 22.6 Å². The molecular weight excluding hydrogens is 386 g/mol. The standard InChI is InChI=1S/C23H26ClN3O2/c24-20-7-8-22-21(13-20)23(28)19(16-29-22)15-27(14-18-5-2-1-3-6-18)11-4-10-26-12-9-25-17-26/h1-2,7-9,12-13,16-18H,3-6,10-11,14-15H2/t18-/m1/s1. The predicted molar refractivity (Wildman–Crippen MR) is 116 cm³/mol. The molecule has 1 aliphatic carbocycles. The Morgan fingerprint density at radius 1 is 1.31 bits per heavy atom. The van der Waals surface area contributed by atoms with Gasteiger partial charge in [-0.25, -0.2) is 4.98 Å². The zero-order valence-electron chi connectivity index (χ0n) is 16.5. The normalized spacial score (nSPS) is 16.7. The highest BCUT2D eigenvalue weighted by Crippen LogP contribution is 2.21. The number of allylic oxidation sites excluding steroid dienone is 2. The van der Waals surface area contributed by atoms with E-state index in [0.717, 1.165) is 38.9 Å². The molecule has 152 valence electrons. The second-order valence-electron chi connectivity index (χ2n) is 7.77. The third kappa shape index (κ3) is 5.17. The van der Waals surface area contributed by atoms with Crippen LogP contribution in [0, 0.1) is 5.92 Å². The van der Waals surface area contributed by atoms with Crippen LogP contribution in [0.15, 0.2) is 64.5 Å². The first-order valence-corrected chi connectivity index (χ1v) is 10.6. The number of hydrogen-bond donors (Lipinski definition) is 0. The third-order valence-corrected chi connectivity index (χ3v) is 5.78. The fraction of sp³-hybridized carbons (Fsp3) is 0.391. The quantitative estimate of drug-likeness (QED) is 0.495. The Labute approximate surface area is 175 Å². The summed E-state index contributed by atoms with van der Waals surface area (Å²) in [5, 5.41) is 1.10. The summed E-state index contributed by atoms with van der Waals surface area (Å²) in [5.74, 6) is 0.634. The summed E-state index contributed by atoms with van der Waals surface area (Å²) in [4.78, 5) is 19.5. The van der Waals surface area contributed by atoms with Gasteiger partial charge in [0.25, 0.3) is 0 Å². The fourth-order valence-corrected chi connectivity index (χ4v) is 4.18. The molecule has 0 spiro atoms. The van der Waals surface area contributed by atoms with Gasteiger partial charge in [0.15, 0.2) is 5.43 Å². The molecule has 29 heavy (non-hydrogen) atoms. The van der Waals surface area contributed by atoms with Crippen molar-refractivity contribution in [3.63, 3.8) is 0 Å². The molecule has 5 nitrogen and oxygen atoms in total. The van der Waals surface area contributed by atoms with Crippen LogP contribution in [0.5, 0.6) is 0 Å². The maximum absolute atomic E-state index is 13.0. The lowest BCUT2D eigenvalue weighted by Gasteiger charge is -2.28. The molecule has 0 aliphatic heterocycles. The first kappa shape index (κ1) is 19.9. The number of halogens is 1. The van der Waals surface area contributed by atoms with Crippen LogP contribution in [0.2, 0.25) is 5.02 Å². The Morgan fingerprint density at radius 3 is 3.03 bits per heavy atom. The molecule has 0 amide bonds. The molecule has 3 aromatic rings. The first-order valence-electron chi connectivity index (χ1n) is 10.2. The van der Waals surface area contributed by atoms with Gasteiger partial charge in [0.1, 0.15) is 5.58 Å². The molecule has 0 bridgehead atoms. The van der Waals surface area contributed by atoms with Gasteiger partial charge in [-0.05, 0) is 49.8 Å². The number of aromatic nitrogens is 2. The molecule has 0 fully saturated rings. The monoisotopic (exact) mass is 411 g/mol. The number of fused-ring (bicyclic) bond motifs is 1. The van der Waals surface area contributed by atoms with E-state index in [1.54, 1.807) is 30.7 Å². The van der Waals surface area contributed by atoms with Crippen LogP contribution in [0.4, 0.5) is 0 Å². The van der Waals surface area contributed by atoms with E-state index in [1.807, 2.05) is 12.5 Å². The third-order valence-electron chi connectivity index (χ3n) is 5.54. The Bertz CT molecular complexity index is 1030. The zero-order chi connectivity index (χ0) is 20.1. The molecule has 0 radical (unpaired) electrons. The van der Waals surface area contributed by atoms with Crippen LogP contribution >= 0.6 is 11.6 Å². The summed E-state index contributed by atoms with van der Waals surface area (Å²) in [6.07, 6.45) is 16.3. The van der Waals surface area contributed by atoms with Gasteiger partial charge in [0.2, 0.25) is 0 Å². The number of rotatable bonds is 8. The molecule has 0 unspecified atom stereocenters. The molecular formula is C23H26ClN3O2. The Balaban J connectivity index is 1.50. The highest BCUT2D eigenvalue weighted by molar-refractivity contribution is 6.31. The number of nitrogens with zero attached hydrogens (tertiary/aromatic N) is 3. The van der Waals surface area contributed by atoms with Crippen molar-refractivity contribution in [2.75, 3.05) is 13.1 Å². The van der Waals surface area contributed by atoms with Crippen molar-refractivity contribution in [3.8, 4) is 0 Å². The van der Waals surface area contributed by atoms with Gasteiger partial charge in [-0.2, -0.15) is 0 Å². The van der Waals surface area contributed by atoms with E-state index in [0.29, 0.717) is 34.0 Å².